The number of likely N-dealkylation sites (tertiary alicyclic amines) is 1. The first-order valence-electron chi connectivity index (χ1n) is 5.25. The Morgan fingerprint density at radius 3 is 3.08 bits per heavy atom. The van der Waals surface area contributed by atoms with E-state index in [2.05, 4.69) is 17.3 Å². The van der Waals surface area contributed by atoms with Gasteiger partial charge >= 0.3 is 0 Å². The Morgan fingerprint density at radius 2 is 2.38 bits per heavy atom. The van der Waals surface area contributed by atoms with E-state index in [4.69, 9.17) is 4.74 Å². The van der Waals surface area contributed by atoms with Crippen molar-refractivity contribution in [3.8, 4) is 0 Å². The lowest BCUT2D eigenvalue weighted by Crippen LogP contribution is -2.44. The van der Waals surface area contributed by atoms with Crippen LogP contribution >= 0.6 is 0 Å². The van der Waals surface area contributed by atoms with Crippen LogP contribution in [0.4, 0.5) is 0 Å². The number of nitrogens with zero attached hydrogens (tertiary/aromatic N) is 1. The van der Waals surface area contributed by atoms with Crippen molar-refractivity contribution in [1.29, 1.82) is 0 Å². The Hall–Kier alpha value is -0.120. The lowest BCUT2D eigenvalue weighted by Gasteiger charge is -2.32. The van der Waals surface area contributed by atoms with Crippen LogP contribution in [0.5, 0.6) is 0 Å². The van der Waals surface area contributed by atoms with Gasteiger partial charge in [0.1, 0.15) is 0 Å². The van der Waals surface area contributed by atoms with E-state index in [0.29, 0.717) is 6.04 Å². The van der Waals surface area contributed by atoms with E-state index in [0.717, 1.165) is 13.0 Å². The van der Waals surface area contributed by atoms with Crippen LogP contribution in [0, 0.1) is 0 Å². The van der Waals surface area contributed by atoms with E-state index >= 15 is 0 Å². The van der Waals surface area contributed by atoms with Crippen molar-refractivity contribution < 1.29 is 4.74 Å². The topological polar surface area (TPSA) is 24.5 Å². The van der Waals surface area contributed by atoms with E-state index in [1.807, 2.05) is 0 Å². The third-order valence-electron chi connectivity index (χ3n) is 2.74. The molecule has 1 rings (SSSR count). The molecule has 1 unspecified atom stereocenters. The van der Waals surface area contributed by atoms with Crippen LogP contribution in [0.15, 0.2) is 0 Å². The maximum absolute atomic E-state index is 5.04. The average Bonchev–Trinajstić information content (AvgIpc) is 2.19. The van der Waals surface area contributed by atoms with Crippen molar-refractivity contribution >= 4 is 0 Å². The van der Waals surface area contributed by atoms with Crippen molar-refractivity contribution in [3.63, 3.8) is 0 Å². The third-order valence-corrected chi connectivity index (χ3v) is 2.74. The maximum Gasteiger partial charge on any atom is 0.0474 e. The Kier molecular flexibility index (Phi) is 5.35. The zero-order valence-electron chi connectivity index (χ0n) is 8.88. The second kappa shape index (κ2) is 6.35. The second-order valence-electron chi connectivity index (χ2n) is 3.77. The number of hydrogen-bond donors (Lipinski definition) is 1. The summed E-state index contributed by atoms with van der Waals surface area (Å²) in [6.45, 7) is 4.55. The summed E-state index contributed by atoms with van der Waals surface area (Å²) in [5.74, 6) is 0. The molecular formula is C10H22N2O. The highest BCUT2D eigenvalue weighted by Gasteiger charge is 2.17. The zero-order chi connectivity index (χ0) is 9.52. The van der Waals surface area contributed by atoms with Gasteiger partial charge in [0.15, 0.2) is 0 Å². The SMILES string of the molecule is CNC1CCCN(CCCOC)C1. The summed E-state index contributed by atoms with van der Waals surface area (Å²) in [5, 5.41) is 3.35. The van der Waals surface area contributed by atoms with Gasteiger partial charge in [-0.15, -0.1) is 0 Å². The Morgan fingerprint density at radius 1 is 1.54 bits per heavy atom. The van der Waals surface area contributed by atoms with Crippen molar-refractivity contribution in [2.45, 2.75) is 25.3 Å². The van der Waals surface area contributed by atoms with Gasteiger partial charge in [-0.25, -0.2) is 0 Å². The Balaban J connectivity index is 2.11. The first-order valence-corrected chi connectivity index (χ1v) is 5.25. The molecule has 0 spiro atoms. The number of methoxy groups -OCH3 is 1. The van der Waals surface area contributed by atoms with Crippen LogP contribution in [-0.4, -0.2) is 51.3 Å². The lowest BCUT2D eigenvalue weighted by atomic mass is 10.1. The molecular weight excluding hydrogens is 164 g/mol. The average molecular weight is 186 g/mol. The molecule has 1 fully saturated rings. The lowest BCUT2D eigenvalue weighted by molar-refractivity contribution is 0.151. The van der Waals surface area contributed by atoms with E-state index < -0.39 is 0 Å². The fourth-order valence-electron chi connectivity index (χ4n) is 1.93. The summed E-state index contributed by atoms with van der Waals surface area (Å²) in [6.07, 6.45) is 3.82. The minimum absolute atomic E-state index is 0.705. The molecule has 0 radical (unpaired) electrons. The van der Waals surface area contributed by atoms with E-state index in [1.54, 1.807) is 7.11 Å². The van der Waals surface area contributed by atoms with E-state index in [-0.39, 0.29) is 0 Å². The first-order chi connectivity index (χ1) is 6.36. The second-order valence-corrected chi connectivity index (χ2v) is 3.77. The molecule has 1 saturated heterocycles. The molecule has 1 aliphatic rings. The van der Waals surface area contributed by atoms with Gasteiger partial charge in [-0.1, -0.05) is 0 Å². The number of nitrogens with one attached hydrogen (secondary N) is 1. The molecule has 13 heavy (non-hydrogen) atoms. The fraction of sp³-hybridized carbons (Fsp3) is 1.00. The molecule has 0 aromatic heterocycles. The highest BCUT2D eigenvalue weighted by atomic mass is 16.5. The molecule has 1 heterocycles. The standard InChI is InChI=1S/C10H22N2O/c1-11-10-5-3-6-12(9-10)7-4-8-13-2/h10-11H,3-9H2,1-2H3. The fourth-order valence-corrected chi connectivity index (χ4v) is 1.93. The molecule has 0 bridgehead atoms. The molecule has 1 aliphatic heterocycles. The van der Waals surface area contributed by atoms with Crippen molar-refractivity contribution in [3.05, 3.63) is 0 Å². The molecule has 1 atom stereocenters. The van der Waals surface area contributed by atoms with Crippen LogP contribution in [0.1, 0.15) is 19.3 Å². The number of hydrogen-bond acceptors (Lipinski definition) is 3. The molecule has 0 aromatic rings. The number of ether oxygens (including phenoxy) is 1. The maximum atomic E-state index is 5.04. The van der Waals surface area contributed by atoms with Gasteiger partial charge in [0.2, 0.25) is 0 Å². The third kappa shape index (κ3) is 4.07. The van der Waals surface area contributed by atoms with Crippen LogP contribution < -0.4 is 5.32 Å². The van der Waals surface area contributed by atoms with Crippen LogP contribution in [0.3, 0.4) is 0 Å². The van der Waals surface area contributed by atoms with Crippen molar-refractivity contribution in [2.75, 3.05) is 40.4 Å². The molecule has 3 heteroatoms. The van der Waals surface area contributed by atoms with Crippen molar-refractivity contribution in [2.24, 2.45) is 0 Å². The zero-order valence-corrected chi connectivity index (χ0v) is 8.88. The smallest absolute Gasteiger partial charge is 0.0474 e. The van der Waals surface area contributed by atoms with Crippen LogP contribution in [0.2, 0.25) is 0 Å². The van der Waals surface area contributed by atoms with Crippen molar-refractivity contribution in [1.82, 2.24) is 10.2 Å². The Labute approximate surface area is 81.4 Å². The molecule has 0 amide bonds. The van der Waals surface area contributed by atoms with Gasteiger partial charge in [0, 0.05) is 32.8 Å². The van der Waals surface area contributed by atoms with Gasteiger partial charge in [-0.2, -0.15) is 0 Å². The minimum atomic E-state index is 0.705. The highest BCUT2D eigenvalue weighted by Crippen LogP contribution is 2.09. The molecule has 0 aromatic carbocycles. The predicted molar refractivity (Wildman–Crippen MR) is 55.0 cm³/mol. The highest BCUT2D eigenvalue weighted by molar-refractivity contribution is 4.76. The number of piperidine rings is 1. The van der Waals surface area contributed by atoms with Crippen LogP contribution in [0.25, 0.3) is 0 Å². The normalized spacial score (nSPS) is 24.9. The van der Waals surface area contributed by atoms with Gasteiger partial charge in [-0.3, -0.25) is 0 Å². The van der Waals surface area contributed by atoms with E-state index in [1.165, 1.54) is 32.5 Å². The quantitative estimate of drug-likeness (QED) is 0.640. The predicted octanol–water partition coefficient (Wildman–Crippen LogP) is 0.707. The molecule has 0 saturated carbocycles. The van der Waals surface area contributed by atoms with Crippen LogP contribution in [-0.2, 0) is 4.74 Å². The van der Waals surface area contributed by atoms with Gasteiger partial charge < -0.3 is 15.0 Å². The molecule has 3 nitrogen and oxygen atoms in total. The summed E-state index contributed by atoms with van der Waals surface area (Å²) in [4.78, 5) is 2.53. The molecule has 78 valence electrons. The summed E-state index contributed by atoms with van der Waals surface area (Å²) < 4.78 is 5.04. The summed E-state index contributed by atoms with van der Waals surface area (Å²) in [6, 6.07) is 0.705. The van der Waals surface area contributed by atoms with Gasteiger partial charge in [-0.05, 0) is 32.9 Å². The van der Waals surface area contributed by atoms with Gasteiger partial charge in [0.25, 0.3) is 0 Å². The van der Waals surface area contributed by atoms with Gasteiger partial charge in [0.05, 0.1) is 0 Å². The largest absolute Gasteiger partial charge is 0.385 e. The number of likely N-dealkylation sites (N-methyl/N-ethyl adjacent to an activating group) is 1. The number of rotatable bonds is 5. The summed E-state index contributed by atoms with van der Waals surface area (Å²) in [7, 11) is 3.83. The Bertz CT molecular complexity index is 130. The molecule has 0 aliphatic carbocycles. The van der Waals surface area contributed by atoms with E-state index in [9.17, 15) is 0 Å². The summed E-state index contributed by atoms with van der Waals surface area (Å²) >= 11 is 0. The summed E-state index contributed by atoms with van der Waals surface area (Å²) in [5.41, 5.74) is 0. The minimum Gasteiger partial charge on any atom is -0.385 e. The first kappa shape index (κ1) is 11.0. The molecule has 1 N–H and O–H groups in total. The monoisotopic (exact) mass is 186 g/mol.